The van der Waals surface area contributed by atoms with E-state index in [1.807, 2.05) is 18.7 Å². The van der Waals surface area contributed by atoms with Crippen molar-refractivity contribution in [2.24, 2.45) is 0 Å². The number of aromatic nitrogens is 2. The van der Waals surface area contributed by atoms with Gasteiger partial charge in [0.15, 0.2) is 0 Å². The average molecular weight is 489 g/mol. The first-order chi connectivity index (χ1) is 16.5. The van der Waals surface area contributed by atoms with Gasteiger partial charge in [0, 0.05) is 61.0 Å². The van der Waals surface area contributed by atoms with Crippen molar-refractivity contribution in [1.29, 1.82) is 0 Å². The van der Waals surface area contributed by atoms with Crippen LogP contribution in [0.1, 0.15) is 29.8 Å². The van der Waals surface area contributed by atoms with Crippen molar-refractivity contribution in [3.8, 4) is 11.1 Å². The molecule has 0 radical (unpaired) electrons. The van der Waals surface area contributed by atoms with Crippen molar-refractivity contribution >= 4 is 17.3 Å². The quantitative estimate of drug-likeness (QED) is 0.482. The number of nitrogens with zero attached hydrogens (tertiary/aromatic N) is 2. The fraction of sp³-hybridized carbons (Fsp3) is 0.292. The predicted molar refractivity (Wildman–Crippen MR) is 124 cm³/mol. The van der Waals surface area contributed by atoms with Crippen LogP contribution in [0.25, 0.3) is 11.1 Å². The molecule has 3 aromatic rings. The molecule has 2 aromatic heterocycles. The number of aromatic amines is 1. The molecular formula is C24H23F4N5O2. The van der Waals surface area contributed by atoms with E-state index in [2.05, 4.69) is 20.6 Å². The van der Waals surface area contributed by atoms with Crippen molar-refractivity contribution in [3.05, 3.63) is 76.2 Å². The summed E-state index contributed by atoms with van der Waals surface area (Å²) in [7, 11) is 0. The summed E-state index contributed by atoms with van der Waals surface area (Å²) in [4.78, 5) is 32.5. The van der Waals surface area contributed by atoms with E-state index >= 15 is 4.39 Å². The molecule has 3 N–H and O–H groups in total. The van der Waals surface area contributed by atoms with E-state index in [9.17, 15) is 22.8 Å². The average Bonchev–Trinajstić information content (AvgIpc) is 2.79. The van der Waals surface area contributed by atoms with E-state index in [1.165, 1.54) is 24.5 Å². The number of alkyl halides is 3. The first kappa shape index (κ1) is 24.4. The largest absolute Gasteiger partial charge is 0.417 e. The number of carbonyl (C=O) groups excluding carboxylic acids is 1. The van der Waals surface area contributed by atoms with Gasteiger partial charge >= 0.3 is 6.18 Å². The summed E-state index contributed by atoms with van der Waals surface area (Å²) in [5.74, 6) is -1.65. The zero-order chi connectivity index (χ0) is 25.3. The van der Waals surface area contributed by atoms with E-state index < -0.39 is 34.6 Å². The maximum absolute atomic E-state index is 15.2. The Labute approximate surface area is 198 Å². The molecule has 3 heterocycles. The van der Waals surface area contributed by atoms with E-state index in [0.29, 0.717) is 30.4 Å². The van der Waals surface area contributed by atoms with Crippen molar-refractivity contribution in [2.75, 3.05) is 23.3 Å². The fourth-order valence-electron chi connectivity index (χ4n) is 4.27. The Morgan fingerprint density at radius 1 is 1.17 bits per heavy atom. The van der Waals surface area contributed by atoms with Gasteiger partial charge in [-0.05, 0) is 32.0 Å². The van der Waals surface area contributed by atoms with Gasteiger partial charge in [-0.2, -0.15) is 13.2 Å². The Balaban J connectivity index is 1.80. The first-order valence-corrected chi connectivity index (χ1v) is 10.9. The second-order valence-corrected chi connectivity index (χ2v) is 8.54. The third-order valence-corrected chi connectivity index (χ3v) is 5.68. The molecule has 0 bridgehead atoms. The number of nitrogens with one attached hydrogen (secondary N) is 3. The summed E-state index contributed by atoms with van der Waals surface area (Å²) in [6.45, 7) is 4.89. The van der Waals surface area contributed by atoms with Crippen LogP contribution in [0, 0.1) is 5.82 Å². The highest BCUT2D eigenvalue weighted by Crippen LogP contribution is 2.36. The molecule has 0 spiro atoms. The number of anilines is 2. The molecule has 0 aliphatic carbocycles. The molecule has 2 atom stereocenters. The monoisotopic (exact) mass is 489 g/mol. The zero-order valence-corrected chi connectivity index (χ0v) is 18.9. The standard InChI is InChI=1S/C24H23F4N5O2/c1-13-11-33(12-14(2)31-13)21-8-19(25)16(15-4-3-5-29-9-15)6-20(21)32-23(35)17-10-30-22(34)7-18(17)24(26,27)28/h3-10,13-14,31H,11-12H2,1-2H3,(H,30,34)(H,32,35)/t13-,14+. The molecular weight excluding hydrogens is 466 g/mol. The van der Waals surface area contributed by atoms with E-state index in [-0.39, 0.29) is 23.3 Å². The lowest BCUT2D eigenvalue weighted by Gasteiger charge is -2.38. The zero-order valence-electron chi connectivity index (χ0n) is 18.9. The van der Waals surface area contributed by atoms with E-state index in [4.69, 9.17) is 0 Å². The number of pyridine rings is 2. The smallest absolute Gasteiger partial charge is 0.367 e. The van der Waals surface area contributed by atoms with Crippen LogP contribution in [-0.4, -0.2) is 41.0 Å². The molecule has 1 fully saturated rings. The van der Waals surface area contributed by atoms with Gasteiger partial charge in [-0.25, -0.2) is 4.39 Å². The lowest BCUT2D eigenvalue weighted by molar-refractivity contribution is -0.138. The molecule has 11 heteroatoms. The Bertz CT molecular complexity index is 1280. The van der Waals surface area contributed by atoms with Gasteiger partial charge < -0.3 is 20.5 Å². The number of halogens is 4. The van der Waals surface area contributed by atoms with Crippen LogP contribution in [-0.2, 0) is 6.18 Å². The summed E-state index contributed by atoms with van der Waals surface area (Å²) in [6.07, 6.45) is -1.23. The molecule has 1 saturated heterocycles. The molecule has 184 valence electrons. The minimum atomic E-state index is -4.92. The van der Waals surface area contributed by atoms with Gasteiger partial charge in [0.25, 0.3) is 5.91 Å². The highest BCUT2D eigenvalue weighted by Gasteiger charge is 2.36. The van der Waals surface area contributed by atoms with Crippen molar-refractivity contribution in [2.45, 2.75) is 32.1 Å². The third-order valence-electron chi connectivity index (χ3n) is 5.68. The second-order valence-electron chi connectivity index (χ2n) is 8.54. The molecule has 1 aromatic carbocycles. The Hall–Kier alpha value is -3.73. The van der Waals surface area contributed by atoms with Gasteiger partial charge in [-0.15, -0.1) is 0 Å². The van der Waals surface area contributed by atoms with Gasteiger partial charge in [0.1, 0.15) is 5.82 Å². The Morgan fingerprint density at radius 2 is 1.89 bits per heavy atom. The third kappa shape index (κ3) is 5.35. The summed E-state index contributed by atoms with van der Waals surface area (Å²) >= 11 is 0. The number of amides is 1. The lowest BCUT2D eigenvalue weighted by atomic mass is 10.0. The molecule has 1 aliphatic rings. The molecule has 35 heavy (non-hydrogen) atoms. The van der Waals surface area contributed by atoms with Gasteiger partial charge in [0.2, 0.25) is 5.56 Å². The molecule has 1 amide bonds. The van der Waals surface area contributed by atoms with E-state index in [0.717, 1.165) is 6.20 Å². The highest BCUT2D eigenvalue weighted by atomic mass is 19.4. The van der Waals surface area contributed by atoms with Crippen LogP contribution in [0.2, 0.25) is 0 Å². The molecule has 1 aliphatic heterocycles. The van der Waals surface area contributed by atoms with Crippen molar-refractivity contribution in [3.63, 3.8) is 0 Å². The minimum Gasteiger partial charge on any atom is -0.367 e. The maximum Gasteiger partial charge on any atom is 0.417 e. The summed E-state index contributed by atoms with van der Waals surface area (Å²) in [6, 6.07) is 6.35. The second kappa shape index (κ2) is 9.49. The van der Waals surface area contributed by atoms with Crippen LogP contribution >= 0.6 is 0 Å². The number of benzene rings is 1. The number of H-pyrrole nitrogens is 1. The van der Waals surface area contributed by atoms with Crippen LogP contribution in [0.4, 0.5) is 28.9 Å². The van der Waals surface area contributed by atoms with Gasteiger partial charge in [0.05, 0.1) is 22.5 Å². The Kier molecular flexibility index (Phi) is 6.62. The first-order valence-electron chi connectivity index (χ1n) is 10.9. The summed E-state index contributed by atoms with van der Waals surface area (Å²) in [5.41, 5.74) is -2.06. The highest BCUT2D eigenvalue weighted by molar-refractivity contribution is 6.07. The molecule has 7 nitrogen and oxygen atoms in total. The number of rotatable bonds is 4. The van der Waals surface area contributed by atoms with Gasteiger partial charge in [-0.1, -0.05) is 6.07 Å². The number of hydrogen-bond acceptors (Lipinski definition) is 5. The topological polar surface area (TPSA) is 90.1 Å². The number of piperazine rings is 1. The maximum atomic E-state index is 15.2. The molecule has 4 rings (SSSR count). The summed E-state index contributed by atoms with van der Waals surface area (Å²) in [5, 5.41) is 5.87. The van der Waals surface area contributed by atoms with Crippen molar-refractivity contribution < 1.29 is 22.4 Å². The molecule has 0 saturated carbocycles. The van der Waals surface area contributed by atoms with Crippen molar-refractivity contribution in [1.82, 2.24) is 15.3 Å². The molecule has 0 unspecified atom stereocenters. The normalized spacial score (nSPS) is 18.4. The fourth-order valence-corrected chi connectivity index (χ4v) is 4.27. The summed E-state index contributed by atoms with van der Waals surface area (Å²) < 4.78 is 55.8. The van der Waals surface area contributed by atoms with E-state index in [1.54, 1.807) is 12.1 Å². The number of carbonyl (C=O) groups is 1. The van der Waals surface area contributed by atoms with Crippen LogP contribution in [0.5, 0.6) is 0 Å². The predicted octanol–water partition coefficient (Wildman–Crippen LogP) is 4.03. The Morgan fingerprint density at radius 3 is 2.51 bits per heavy atom. The minimum absolute atomic E-state index is 0.0550. The van der Waals surface area contributed by atoms with Crippen LogP contribution in [0.15, 0.2) is 53.7 Å². The van der Waals surface area contributed by atoms with Crippen LogP contribution < -0.4 is 21.1 Å². The van der Waals surface area contributed by atoms with Gasteiger partial charge in [-0.3, -0.25) is 14.6 Å². The SMILES string of the molecule is C[C@@H]1CN(c2cc(F)c(-c3cccnc3)cc2NC(=O)c2c[nH]c(=O)cc2C(F)(F)F)C[C@H](C)N1. The lowest BCUT2D eigenvalue weighted by Crippen LogP contribution is -2.54. The number of hydrogen-bond donors (Lipinski definition) is 3. The van der Waals surface area contributed by atoms with Crippen LogP contribution in [0.3, 0.4) is 0 Å².